The van der Waals surface area contributed by atoms with Crippen molar-refractivity contribution in [2.75, 3.05) is 11.5 Å². The van der Waals surface area contributed by atoms with Crippen LogP contribution in [0.4, 0.5) is 0 Å². The minimum absolute atomic E-state index is 0.776. The van der Waals surface area contributed by atoms with Crippen LogP contribution in [-0.4, -0.2) is 11.5 Å². The molecule has 14 heavy (non-hydrogen) atoms. The van der Waals surface area contributed by atoms with E-state index in [4.69, 9.17) is 0 Å². The van der Waals surface area contributed by atoms with Gasteiger partial charge in [-0.2, -0.15) is 12.6 Å². The molecule has 0 atom stereocenters. The van der Waals surface area contributed by atoms with Crippen LogP contribution < -0.4 is 0 Å². The first-order chi connectivity index (χ1) is 6.63. The molecule has 2 heteroatoms. The highest BCUT2D eigenvalue weighted by Crippen LogP contribution is 2.24. The Morgan fingerprint density at radius 3 is 2.71 bits per heavy atom. The summed E-state index contributed by atoms with van der Waals surface area (Å²) in [5.74, 6) is 1.74. The van der Waals surface area contributed by atoms with Gasteiger partial charge < -0.3 is 0 Å². The van der Waals surface area contributed by atoms with E-state index in [9.17, 15) is 0 Å². The Kier molecular flexibility index (Phi) is 4.63. The van der Waals surface area contributed by atoms with Gasteiger partial charge in [0.15, 0.2) is 0 Å². The van der Waals surface area contributed by atoms with Gasteiger partial charge in [-0.1, -0.05) is 29.8 Å². The third-order valence-electron chi connectivity index (χ3n) is 1.99. The van der Waals surface area contributed by atoms with Crippen LogP contribution in [0.5, 0.6) is 0 Å². The SMILES string of the molecule is C=C(CS)CSc1ccc(C)cc1C. The Bertz CT molecular complexity index is 329. The normalized spacial score (nSPS) is 10.2. The molecule has 0 aromatic heterocycles. The molecule has 1 aromatic carbocycles. The molecule has 0 nitrogen and oxygen atoms in total. The van der Waals surface area contributed by atoms with Crippen LogP contribution in [0.1, 0.15) is 11.1 Å². The summed E-state index contributed by atoms with van der Waals surface area (Å²) in [7, 11) is 0. The highest BCUT2D eigenvalue weighted by atomic mass is 32.2. The average Bonchev–Trinajstić information content (AvgIpc) is 2.16. The molecule has 0 fully saturated rings. The Morgan fingerprint density at radius 1 is 1.43 bits per heavy atom. The number of hydrogen-bond acceptors (Lipinski definition) is 2. The maximum Gasteiger partial charge on any atom is 0.0196 e. The Balaban J connectivity index is 2.63. The molecule has 0 saturated carbocycles. The molecule has 1 rings (SSSR count). The molecule has 0 amide bonds. The summed E-state index contributed by atoms with van der Waals surface area (Å²) < 4.78 is 0. The number of rotatable bonds is 4. The van der Waals surface area contributed by atoms with Gasteiger partial charge in [0.1, 0.15) is 0 Å². The molecule has 0 aliphatic rings. The van der Waals surface area contributed by atoms with E-state index in [0.29, 0.717) is 0 Å². The summed E-state index contributed by atoms with van der Waals surface area (Å²) in [4.78, 5) is 1.35. The van der Waals surface area contributed by atoms with Crippen molar-refractivity contribution in [1.82, 2.24) is 0 Å². The van der Waals surface area contributed by atoms with Crippen LogP contribution in [0, 0.1) is 13.8 Å². The van der Waals surface area contributed by atoms with Gasteiger partial charge in [-0.3, -0.25) is 0 Å². The lowest BCUT2D eigenvalue weighted by molar-refractivity contribution is 1.26. The molecule has 0 unspecified atom stereocenters. The second-order valence-corrected chi connectivity index (χ2v) is 4.80. The smallest absolute Gasteiger partial charge is 0.0196 e. The number of aryl methyl sites for hydroxylation is 2. The molecule has 0 bridgehead atoms. The predicted octanol–water partition coefficient (Wildman–Crippen LogP) is 3.88. The molecule has 0 N–H and O–H groups in total. The summed E-state index contributed by atoms with van der Waals surface area (Å²) in [6.07, 6.45) is 0. The summed E-state index contributed by atoms with van der Waals surface area (Å²) in [5.41, 5.74) is 3.85. The minimum atomic E-state index is 0.776. The Labute approximate surface area is 96.2 Å². The third kappa shape index (κ3) is 3.43. The minimum Gasteiger partial charge on any atom is -0.175 e. The molecule has 0 radical (unpaired) electrons. The zero-order valence-electron chi connectivity index (χ0n) is 8.71. The van der Waals surface area contributed by atoms with Crippen molar-refractivity contribution in [1.29, 1.82) is 0 Å². The van der Waals surface area contributed by atoms with Crippen LogP contribution in [0.3, 0.4) is 0 Å². The largest absolute Gasteiger partial charge is 0.175 e. The molecule has 1 aromatic rings. The van der Waals surface area contributed by atoms with Crippen LogP contribution in [0.15, 0.2) is 35.2 Å². The molecular formula is C12H16S2. The van der Waals surface area contributed by atoms with Gasteiger partial charge in [-0.25, -0.2) is 0 Å². The summed E-state index contributed by atoms with van der Waals surface area (Å²) in [6.45, 7) is 8.21. The lowest BCUT2D eigenvalue weighted by Gasteiger charge is -2.06. The van der Waals surface area contributed by atoms with E-state index in [-0.39, 0.29) is 0 Å². The topological polar surface area (TPSA) is 0 Å². The summed E-state index contributed by atoms with van der Waals surface area (Å²) in [5, 5.41) is 0. The lowest BCUT2D eigenvalue weighted by atomic mass is 10.2. The summed E-state index contributed by atoms with van der Waals surface area (Å²) >= 11 is 6.03. The predicted molar refractivity (Wildman–Crippen MR) is 69.6 cm³/mol. The van der Waals surface area contributed by atoms with Gasteiger partial charge in [-0.15, -0.1) is 11.8 Å². The maximum atomic E-state index is 4.19. The van der Waals surface area contributed by atoms with Crippen molar-refractivity contribution < 1.29 is 0 Å². The Morgan fingerprint density at radius 2 is 2.14 bits per heavy atom. The molecule has 0 saturated heterocycles. The zero-order chi connectivity index (χ0) is 10.6. The number of hydrogen-bond donors (Lipinski definition) is 1. The molecule has 76 valence electrons. The van der Waals surface area contributed by atoms with Crippen molar-refractivity contribution in [2.24, 2.45) is 0 Å². The van der Waals surface area contributed by atoms with Crippen LogP contribution in [0.2, 0.25) is 0 Å². The van der Waals surface area contributed by atoms with E-state index in [0.717, 1.165) is 11.5 Å². The molecule has 0 aliphatic carbocycles. The lowest BCUT2D eigenvalue weighted by Crippen LogP contribution is -1.88. The molecule has 0 aliphatic heterocycles. The first kappa shape index (κ1) is 11.7. The van der Waals surface area contributed by atoms with Crippen molar-refractivity contribution in [2.45, 2.75) is 18.7 Å². The highest BCUT2D eigenvalue weighted by Gasteiger charge is 1.99. The first-order valence-electron chi connectivity index (χ1n) is 4.61. The second-order valence-electron chi connectivity index (χ2n) is 3.47. The van der Waals surface area contributed by atoms with Gasteiger partial charge >= 0.3 is 0 Å². The van der Waals surface area contributed by atoms with Crippen LogP contribution in [-0.2, 0) is 0 Å². The van der Waals surface area contributed by atoms with Gasteiger partial charge in [0.05, 0.1) is 0 Å². The fourth-order valence-electron chi connectivity index (χ4n) is 1.19. The van der Waals surface area contributed by atoms with Crippen molar-refractivity contribution in [3.8, 4) is 0 Å². The van der Waals surface area contributed by atoms with E-state index in [1.807, 2.05) is 11.8 Å². The van der Waals surface area contributed by atoms with Crippen molar-refractivity contribution in [3.05, 3.63) is 41.5 Å². The van der Waals surface area contributed by atoms with E-state index in [2.05, 4.69) is 51.3 Å². The molecular weight excluding hydrogens is 208 g/mol. The summed E-state index contributed by atoms with van der Waals surface area (Å²) in [6, 6.07) is 6.55. The van der Waals surface area contributed by atoms with E-state index in [1.54, 1.807) is 0 Å². The third-order valence-corrected chi connectivity index (χ3v) is 3.75. The van der Waals surface area contributed by atoms with Crippen molar-refractivity contribution >= 4 is 24.4 Å². The number of benzene rings is 1. The van der Waals surface area contributed by atoms with E-state index in [1.165, 1.54) is 21.6 Å². The molecule has 0 spiro atoms. The highest BCUT2D eigenvalue weighted by molar-refractivity contribution is 7.99. The van der Waals surface area contributed by atoms with E-state index < -0.39 is 0 Å². The Hall–Kier alpha value is -0.340. The number of thiol groups is 1. The number of thioether (sulfide) groups is 1. The van der Waals surface area contributed by atoms with Crippen molar-refractivity contribution in [3.63, 3.8) is 0 Å². The quantitative estimate of drug-likeness (QED) is 0.460. The standard InChI is InChI=1S/C12H16S2/c1-9-4-5-12(11(3)6-9)14-8-10(2)7-13/h4-6,13H,2,7-8H2,1,3H3. The van der Waals surface area contributed by atoms with E-state index >= 15 is 0 Å². The van der Waals surface area contributed by atoms with Crippen LogP contribution in [0.25, 0.3) is 0 Å². The van der Waals surface area contributed by atoms with Gasteiger partial charge in [0, 0.05) is 16.4 Å². The average molecular weight is 224 g/mol. The first-order valence-corrected chi connectivity index (χ1v) is 6.23. The second kappa shape index (κ2) is 5.52. The van der Waals surface area contributed by atoms with Crippen LogP contribution >= 0.6 is 24.4 Å². The zero-order valence-corrected chi connectivity index (χ0v) is 10.4. The maximum absolute atomic E-state index is 4.19. The fourth-order valence-corrected chi connectivity index (χ4v) is 2.36. The van der Waals surface area contributed by atoms with Gasteiger partial charge in [0.25, 0.3) is 0 Å². The van der Waals surface area contributed by atoms with Gasteiger partial charge in [-0.05, 0) is 25.5 Å². The van der Waals surface area contributed by atoms with Gasteiger partial charge in [0.2, 0.25) is 0 Å². The molecule has 0 heterocycles. The fraction of sp³-hybridized carbons (Fsp3) is 0.333. The monoisotopic (exact) mass is 224 g/mol.